The van der Waals surface area contributed by atoms with Gasteiger partial charge in [0.05, 0.1) is 5.02 Å². The molecule has 0 aliphatic heterocycles. The number of imide groups is 1. The van der Waals surface area contributed by atoms with Gasteiger partial charge in [-0.2, -0.15) is 0 Å². The molecule has 0 aromatic heterocycles. The monoisotopic (exact) mass is 408 g/mol. The van der Waals surface area contributed by atoms with Crippen molar-refractivity contribution in [3.63, 3.8) is 0 Å². The third-order valence-electron chi connectivity index (χ3n) is 6.17. The summed E-state index contributed by atoms with van der Waals surface area (Å²) >= 11 is 5.79. The maximum absolute atomic E-state index is 13.7. The maximum Gasteiger partial charge on any atom is 0.343 e. The minimum atomic E-state index is -1.06. The normalized spacial score (nSPS) is 30.0. The molecule has 5 rings (SSSR count). The lowest BCUT2D eigenvalue weighted by molar-refractivity contribution is -0.123. The molecule has 8 heteroatoms. The Morgan fingerprint density at radius 1 is 1.11 bits per heavy atom. The highest BCUT2D eigenvalue weighted by Crippen LogP contribution is 2.55. The molecule has 6 nitrogen and oxygen atoms in total. The van der Waals surface area contributed by atoms with Gasteiger partial charge < -0.3 is 10.1 Å². The van der Waals surface area contributed by atoms with E-state index in [1.807, 2.05) is 0 Å². The Hall–Kier alpha value is -2.15. The van der Waals surface area contributed by atoms with Crippen LogP contribution in [0.1, 0.15) is 48.9 Å². The van der Waals surface area contributed by atoms with Crippen LogP contribution in [0.5, 0.6) is 0 Å². The zero-order valence-corrected chi connectivity index (χ0v) is 16.1. The van der Waals surface area contributed by atoms with Gasteiger partial charge in [0.1, 0.15) is 11.4 Å². The number of esters is 1. The SMILES string of the molecule is O=C(COC(=O)c1c(F)cccc1Cl)NC(=O)NC12CC3CC(CC(C3)C1)C2. The zero-order valence-electron chi connectivity index (χ0n) is 15.3. The van der Waals surface area contributed by atoms with Crippen LogP contribution < -0.4 is 10.6 Å². The zero-order chi connectivity index (χ0) is 19.9. The molecule has 4 saturated carbocycles. The summed E-state index contributed by atoms with van der Waals surface area (Å²) in [6, 6.07) is 3.20. The number of hydrogen-bond acceptors (Lipinski definition) is 4. The van der Waals surface area contributed by atoms with Gasteiger partial charge in [-0.15, -0.1) is 0 Å². The first-order chi connectivity index (χ1) is 13.3. The minimum Gasteiger partial charge on any atom is -0.452 e. The van der Waals surface area contributed by atoms with E-state index in [-0.39, 0.29) is 10.6 Å². The van der Waals surface area contributed by atoms with Crippen molar-refractivity contribution in [3.05, 3.63) is 34.6 Å². The van der Waals surface area contributed by atoms with Crippen molar-refractivity contribution in [1.29, 1.82) is 0 Å². The topological polar surface area (TPSA) is 84.5 Å². The molecule has 4 bridgehead atoms. The Bertz CT molecular complexity index is 773. The van der Waals surface area contributed by atoms with E-state index in [0.29, 0.717) is 17.8 Å². The summed E-state index contributed by atoms with van der Waals surface area (Å²) in [6.07, 6.45) is 6.62. The standard InChI is InChI=1S/C20H22ClFN2O4/c21-14-2-1-3-15(22)17(14)18(26)28-10-16(25)23-19(27)24-20-7-11-4-12(8-20)6-13(5-11)9-20/h1-3,11-13H,4-10H2,(H2,23,24,25,27). The molecule has 4 fully saturated rings. The highest BCUT2D eigenvalue weighted by Gasteiger charge is 2.51. The third-order valence-corrected chi connectivity index (χ3v) is 6.49. The van der Waals surface area contributed by atoms with Crippen LogP contribution in [0.4, 0.5) is 9.18 Å². The van der Waals surface area contributed by atoms with Crippen molar-refractivity contribution in [2.24, 2.45) is 17.8 Å². The number of hydrogen-bond donors (Lipinski definition) is 2. The first kappa shape index (κ1) is 19.2. The highest BCUT2D eigenvalue weighted by molar-refractivity contribution is 6.33. The fourth-order valence-corrected chi connectivity index (χ4v) is 5.83. The largest absolute Gasteiger partial charge is 0.452 e. The summed E-state index contributed by atoms with van der Waals surface area (Å²) in [5.41, 5.74) is -0.661. The average molecular weight is 409 g/mol. The molecule has 0 spiro atoms. The predicted molar refractivity (Wildman–Crippen MR) is 99.3 cm³/mol. The quantitative estimate of drug-likeness (QED) is 0.747. The fraction of sp³-hybridized carbons (Fsp3) is 0.550. The summed E-state index contributed by atoms with van der Waals surface area (Å²) in [6.45, 7) is -0.697. The summed E-state index contributed by atoms with van der Waals surface area (Å²) < 4.78 is 18.5. The molecule has 0 unspecified atom stereocenters. The molecule has 1 aromatic carbocycles. The smallest absolute Gasteiger partial charge is 0.343 e. The first-order valence-electron chi connectivity index (χ1n) is 9.57. The van der Waals surface area contributed by atoms with Crippen molar-refractivity contribution in [2.45, 2.75) is 44.1 Å². The predicted octanol–water partition coefficient (Wildman–Crippen LogP) is 3.43. The summed E-state index contributed by atoms with van der Waals surface area (Å²) in [7, 11) is 0. The van der Waals surface area contributed by atoms with Gasteiger partial charge in [-0.05, 0) is 68.4 Å². The highest BCUT2D eigenvalue weighted by atomic mass is 35.5. The molecule has 4 aliphatic carbocycles. The van der Waals surface area contributed by atoms with Crippen LogP contribution in [0, 0.1) is 23.6 Å². The Morgan fingerprint density at radius 2 is 1.71 bits per heavy atom. The molecule has 0 saturated heterocycles. The number of urea groups is 1. The lowest BCUT2D eigenvalue weighted by Gasteiger charge is -2.56. The molecule has 150 valence electrons. The Kier molecular flexibility index (Phi) is 5.04. The second kappa shape index (κ2) is 7.35. The molecule has 0 atom stereocenters. The number of benzene rings is 1. The number of ether oxygens (including phenoxy) is 1. The van der Waals surface area contributed by atoms with E-state index in [2.05, 4.69) is 10.6 Å². The summed E-state index contributed by atoms with van der Waals surface area (Å²) in [5, 5.41) is 5.09. The van der Waals surface area contributed by atoms with Crippen LogP contribution >= 0.6 is 11.6 Å². The van der Waals surface area contributed by atoms with E-state index in [9.17, 15) is 18.8 Å². The average Bonchev–Trinajstić information content (AvgIpc) is 2.58. The molecule has 28 heavy (non-hydrogen) atoms. The van der Waals surface area contributed by atoms with Gasteiger partial charge in [-0.25, -0.2) is 14.0 Å². The Balaban J connectivity index is 1.28. The van der Waals surface area contributed by atoms with E-state index >= 15 is 0 Å². The van der Waals surface area contributed by atoms with Crippen LogP contribution in [0.15, 0.2) is 18.2 Å². The second-order valence-electron chi connectivity index (χ2n) is 8.37. The Labute approximate surface area is 167 Å². The molecule has 2 N–H and O–H groups in total. The number of carbonyl (C=O) groups excluding carboxylic acids is 3. The lowest BCUT2D eigenvalue weighted by Crippen LogP contribution is -2.62. The van der Waals surface area contributed by atoms with Gasteiger partial charge in [0.2, 0.25) is 0 Å². The molecular formula is C20H22ClFN2O4. The van der Waals surface area contributed by atoms with Gasteiger partial charge in [0.25, 0.3) is 5.91 Å². The van der Waals surface area contributed by atoms with Gasteiger partial charge in [0, 0.05) is 5.54 Å². The molecule has 1 aromatic rings. The van der Waals surface area contributed by atoms with Crippen LogP contribution in [0.25, 0.3) is 0 Å². The van der Waals surface area contributed by atoms with Crippen molar-refractivity contribution in [2.75, 3.05) is 6.61 Å². The van der Waals surface area contributed by atoms with E-state index in [1.165, 1.54) is 31.4 Å². The molecule has 4 aliphatic rings. The number of rotatable bonds is 4. The van der Waals surface area contributed by atoms with E-state index < -0.39 is 35.9 Å². The molecule has 0 heterocycles. The lowest BCUT2D eigenvalue weighted by atomic mass is 9.53. The molecular weight excluding hydrogens is 387 g/mol. The van der Waals surface area contributed by atoms with Gasteiger partial charge in [0.15, 0.2) is 6.61 Å². The fourth-order valence-electron chi connectivity index (χ4n) is 5.59. The van der Waals surface area contributed by atoms with Crippen LogP contribution in [0.3, 0.4) is 0 Å². The van der Waals surface area contributed by atoms with Gasteiger partial charge >= 0.3 is 12.0 Å². The second-order valence-corrected chi connectivity index (χ2v) is 8.78. The summed E-state index contributed by atoms with van der Waals surface area (Å²) in [4.78, 5) is 36.2. The van der Waals surface area contributed by atoms with Crippen molar-refractivity contribution >= 4 is 29.5 Å². The van der Waals surface area contributed by atoms with E-state index in [4.69, 9.17) is 16.3 Å². The molecule has 0 radical (unpaired) electrons. The van der Waals surface area contributed by atoms with Crippen molar-refractivity contribution < 1.29 is 23.5 Å². The maximum atomic E-state index is 13.7. The summed E-state index contributed by atoms with van der Waals surface area (Å²) in [5.74, 6) is -0.684. The minimum absolute atomic E-state index is 0.107. The number of amides is 3. The van der Waals surface area contributed by atoms with Crippen LogP contribution in [-0.4, -0.2) is 30.1 Å². The van der Waals surface area contributed by atoms with Gasteiger partial charge in [-0.3, -0.25) is 10.1 Å². The van der Waals surface area contributed by atoms with Crippen LogP contribution in [-0.2, 0) is 9.53 Å². The van der Waals surface area contributed by atoms with Crippen molar-refractivity contribution in [1.82, 2.24) is 10.6 Å². The van der Waals surface area contributed by atoms with Crippen LogP contribution in [0.2, 0.25) is 5.02 Å². The molecule has 3 amide bonds. The van der Waals surface area contributed by atoms with E-state index in [0.717, 1.165) is 25.3 Å². The number of carbonyl (C=O) groups is 3. The first-order valence-corrected chi connectivity index (χ1v) is 9.94. The third kappa shape index (κ3) is 3.85. The van der Waals surface area contributed by atoms with Crippen molar-refractivity contribution in [3.8, 4) is 0 Å². The van der Waals surface area contributed by atoms with Gasteiger partial charge in [-0.1, -0.05) is 17.7 Å². The Morgan fingerprint density at radius 3 is 2.29 bits per heavy atom. The van der Waals surface area contributed by atoms with E-state index in [1.54, 1.807) is 0 Å². The number of nitrogens with one attached hydrogen (secondary N) is 2. The number of halogens is 2.